The molecule has 0 amide bonds. The van der Waals surface area contributed by atoms with Gasteiger partial charge in [-0.1, -0.05) is 44.9 Å². The molecule has 4 rings (SSSR count). The fourth-order valence-electron chi connectivity index (χ4n) is 5.39. The minimum Gasteiger partial charge on any atom is -0.493 e. The van der Waals surface area contributed by atoms with Gasteiger partial charge in [-0.3, -0.25) is 4.79 Å². The van der Waals surface area contributed by atoms with Crippen LogP contribution in [0.25, 0.3) is 0 Å². The Hall–Kier alpha value is -4.01. The van der Waals surface area contributed by atoms with Gasteiger partial charge in [0.1, 0.15) is 11.5 Å². The van der Waals surface area contributed by atoms with Crippen molar-refractivity contribution in [2.24, 2.45) is 5.41 Å². The first kappa shape index (κ1) is 35.8. The zero-order chi connectivity index (χ0) is 33.5. The maximum atomic E-state index is 12.9. The minimum absolute atomic E-state index is 0.159. The van der Waals surface area contributed by atoms with Crippen LogP contribution in [-0.2, 0) is 27.1 Å². The normalized spacial score (nSPS) is 13.4. The number of ether oxygens (including phenoxy) is 5. The Labute approximate surface area is 278 Å². The quantitative estimate of drug-likeness (QED) is 0.0533. The summed E-state index contributed by atoms with van der Waals surface area (Å²) in [5.41, 5.74) is 4.15. The lowest BCUT2D eigenvalue weighted by Crippen LogP contribution is -2.45. The molecule has 1 fully saturated rings. The molecule has 252 valence electrons. The number of aryl methyl sites for hydroxylation is 2. The molecule has 0 unspecified atom stereocenters. The molecule has 3 aromatic rings. The molecule has 1 aliphatic rings. The maximum Gasteiger partial charge on any atom is 0.343 e. The summed E-state index contributed by atoms with van der Waals surface area (Å²) in [5, 5.41) is 0. The predicted octanol–water partition coefficient (Wildman–Crippen LogP) is 7.76. The molecule has 8 heteroatoms. The summed E-state index contributed by atoms with van der Waals surface area (Å²) in [4.78, 5) is 37.1. The van der Waals surface area contributed by atoms with Gasteiger partial charge >= 0.3 is 11.9 Å². The van der Waals surface area contributed by atoms with Crippen LogP contribution >= 0.6 is 0 Å². The fraction of sp³-hybridized carbons (Fsp3) is 0.462. The lowest BCUT2D eigenvalue weighted by molar-refractivity contribution is -0.150. The van der Waals surface area contributed by atoms with Gasteiger partial charge in [0.2, 0.25) is 0 Å². The van der Waals surface area contributed by atoms with Crippen LogP contribution in [-0.4, -0.2) is 57.9 Å². The number of hydrogen-bond acceptors (Lipinski definition) is 8. The van der Waals surface area contributed by atoms with E-state index in [1.165, 1.54) is 5.56 Å². The predicted molar refractivity (Wildman–Crippen MR) is 181 cm³/mol. The maximum absolute atomic E-state index is 12.9. The Kier molecular flexibility index (Phi) is 14.0. The summed E-state index contributed by atoms with van der Waals surface area (Å²) < 4.78 is 28.2. The van der Waals surface area contributed by atoms with Crippen LogP contribution in [0.15, 0.2) is 60.7 Å². The fourth-order valence-corrected chi connectivity index (χ4v) is 5.39. The van der Waals surface area contributed by atoms with Crippen molar-refractivity contribution in [3.63, 3.8) is 0 Å². The lowest BCUT2D eigenvalue weighted by Gasteiger charge is -2.40. The van der Waals surface area contributed by atoms with Gasteiger partial charge < -0.3 is 23.7 Å². The molecule has 3 aromatic carbocycles. The molecule has 1 aliphatic heterocycles. The number of carbonyl (C=O) groups excluding carboxylic acids is 3. The zero-order valence-corrected chi connectivity index (χ0v) is 28.0. The molecule has 1 saturated heterocycles. The van der Waals surface area contributed by atoms with Crippen LogP contribution in [0.4, 0.5) is 0 Å². The second kappa shape index (κ2) is 18.4. The highest BCUT2D eigenvalue weighted by atomic mass is 16.5. The molecule has 0 bridgehead atoms. The van der Waals surface area contributed by atoms with E-state index in [0.717, 1.165) is 88.2 Å². The SMILES string of the molecule is CCCc1ccc(C(=O)OCCc2ccc(OC(=O)c3ccc(OCCCCCCOCC4(CC)COC4)c(C)c3)c(C=O)c2)cc1. The van der Waals surface area contributed by atoms with Gasteiger partial charge in [-0.25, -0.2) is 9.59 Å². The zero-order valence-electron chi connectivity index (χ0n) is 28.0. The van der Waals surface area contributed by atoms with Crippen LogP contribution in [0, 0.1) is 12.3 Å². The van der Waals surface area contributed by atoms with Gasteiger partial charge in [-0.2, -0.15) is 0 Å². The summed E-state index contributed by atoms with van der Waals surface area (Å²) >= 11 is 0. The van der Waals surface area contributed by atoms with E-state index in [0.29, 0.717) is 30.4 Å². The standard InChI is InChI=1S/C39H48O8/c1-4-10-30-11-14-32(15-12-30)37(41)46-22-19-31-13-17-36(34(24-31)25-40)47-38(42)33-16-18-35(29(3)23-33)45-21-9-7-6-8-20-43-26-39(5-2)27-44-28-39/h11-18,23-25H,4-10,19-22,26-28H2,1-3H3. The first-order chi connectivity index (χ1) is 22.9. The second-order valence-electron chi connectivity index (χ2n) is 12.4. The van der Waals surface area contributed by atoms with Crippen molar-refractivity contribution >= 4 is 18.2 Å². The lowest BCUT2D eigenvalue weighted by atomic mass is 9.84. The van der Waals surface area contributed by atoms with Gasteiger partial charge in [-0.15, -0.1) is 0 Å². The average molecular weight is 645 g/mol. The Balaban J connectivity index is 1.16. The topological polar surface area (TPSA) is 97.4 Å². The third-order valence-electron chi connectivity index (χ3n) is 8.58. The van der Waals surface area contributed by atoms with E-state index in [-0.39, 0.29) is 23.3 Å². The molecular weight excluding hydrogens is 596 g/mol. The number of esters is 2. The molecule has 0 spiro atoms. The third kappa shape index (κ3) is 10.8. The van der Waals surface area contributed by atoms with Crippen LogP contribution in [0.3, 0.4) is 0 Å². The summed E-state index contributed by atoms with van der Waals surface area (Å²) in [5.74, 6) is -0.0582. The third-order valence-corrected chi connectivity index (χ3v) is 8.58. The van der Waals surface area contributed by atoms with Crippen LogP contribution in [0.5, 0.6) is 11.5 Å². The molecule has 0 atom stereocenters. The molecule has 0 N–H and O–H groups in total. The summed E-state index contributed by atoms with van der Waals surface area (Å²) in [6, 6.07) is 17.6. The average Bonchev–Trinajstić information content (AvgIpc) is 3.06. The minimum atomic E-state index is -0.564. The Morgan fingerprint density at radius 3 is 2.15 bits per heavy atom. The van der Waals surface area contributed by atoms with Crippen molar-refractivity contribution in [3.8, 4) is 11.5 Å². The molecule has 1 heterocycles. The Morgan fingerprint density at radius 1 is 0.787 bits per heavy atom. The number of aldehydes is 1. The molecule has 0 saturated carbocycles. The van der Waals surface area contributed by atoms with Crippen molar-refractivity contribution in [1.29, 1.82) is 0 Å². The monoisotopic (exact) mass is 644 g/mol. The van der Waals surface area contributed by atoms with E-state index >= 15 is 0 Å². The number of hydrogen-bond donors (Lipinski definition) is 0. The molecule has 0 aromatic heterocycles. The van der Waals surface area contributed by atoms with Crippen molar-refractivity contribution in [2.75, 3.05) is 39.6 Å². The van der Waals surface area contributed by atoms with Gasteiger partial charge in [0.15, 0.2) is 6.29 Å². The number of rotatable bonds is 20. The van der Waals surface area contributed by atoms with E-state index in [9.17, 15) is 14.4 Å². The molecule has 47 heavy (non-hydrogen) atoms. The van der Waals surface area contributed by atoms with Crippen LogP contribution in [0.2, 0.25) is 0 Å². The summed E-state index contributed by atoms with van der Waals surface area (Å²) in [6.07, 6.45) is 8.30. The first-order valence-electron chi connectivity index (χ1n) is 16.8. The van der Waals surface area contributed by atoms with Crippen molar-refractivity contribution in [1.82, 2.24) is 0 Å². The van der Waals surface area contributed by atoms with E-state index in [2.05, 4.69) is 13.8 Å². The summed E-state index contributed by atoms with van der Waals surface area (Å²) in [6.45, 7) is 10.1. The first-order valence-corrected chi connectivity index (χ1v) is 16.8. The van der Waals surface area contributed by atoms with Gasteiger partial charge in [0.05, 0.1) is 49.7 Å². The Bertz CT molecular complexity index is 1450. The molecule has 0 aliphatic carbocycles. The highest BCUT2D eigenvalue weighted by Gasteiger charge is 2.36. The van der Waals surface area contributed by atoms with E-state index in [1.807, 2.05) is 19.1 Å². The van der Waals surface area contributed by atoms with Crippen LogP contribution in [0.1, 0.15) is 100 Å². The molecule has 0 radical (unpaired) electrons. The molecule has 8 nitrogen and oxygen atoms in total. The number of benzene rings is 3. The number of carbonyl (C=O) groups is 3. The van der Waals surface area contributed by atoms with Gasteiger partial charge in [-0.05, 0) is 98.2 Å². The van der Waals surface area contributed by atoms with Crippen molar-refractivity contribution in [3.05, 3.63) is 94.0 Å². The van der Waals surface area contributed by atoms with E-state index in [4.69, 9.17) is 23.7 Å². The summed E-state index contributed by atoms with van der Waals surface area (Å²) in [7, 11) is 0. The van der Waals surface area contributed by atoms with Crippen LogP contribution < -0.4 is 9.47 Å². The smallest absolute Gasteiger partial charge is 0.343 e. The van der Waals surface area contributed by atoms with E-state index < -0.39 is 11.9 Å². The van der Waals surface area contributed by atoms with Gasteiger partial charge in [0.25, 0.3) is 0 Å². The number of unbranched alkanes of at least 4 members (excludes halogenated alkanes) is 3. The van der Waals surface area contributed by atoms with Gasteiger partial charge in [0, 0.05) is 18.4 Å². The van der Waals surface area contributed by atoms with E-state index in [1.54, 1.807) is 48.5 Å². The second-order valence-corrected chi connectivity index (χ2v) is 12.4. The highest BCUT2D eigenvalue weighted by Crippen LogP contribution is 2.31. The van der Waals surface area contributed by atoms with Crippen molar-refractivity contribution < 1.29 is 38.1 Å². The molecular formula is C39H48O8. The Morgan fingerprint density at radius 2 is 1.49 bits per heavy atom. The largest absolute Gasteiger partial charge is 0.493 e. The van der Waals surface area contributed by atoms with Crippen molar-refractivity contribution in [2.45, 2.75) is 72.1 Å². The highest BCUT2D eigenvalue weighted by molar-refractivity contribution is 5.93.